The van der Waals surface area contributed by atoms with Crippen molar-refractivity contribution in [1.82, 2.24) is 4.90 Å². The van der Waals surface area contributed by atoms with E-state index in [-0.39, 0.29) is 24.0 Å². The SMILES string of the molecule is CCC(C)C(N)C(=O)N1CCC(OCCC(C)C)C1. The van der Waals surface area contributed by atoms with Crippen molar-refractivity contribution in [3.63, 3.8) is 0 Å². The van der Waals surface area contributed by atoms with Gasteiger partial charge in [0.05, 0.1) is 12.1 Å². The molecule has 2 N–H and O–H groups in total. The summed E-state index contributed by atoms with van der Waals surface area (Å²) in [6.07, 6.45) is 3.16. The molecule has 1 fully saturated rings. The van der Waals surface area contributed by atoms with Gasteiger partial charge in [0, 0.05) is 19.7 Å². The second kappa shape index (κ2) is 7.85. The lowest BCUT2D eigenvalue weighted by molar-refractivity contribution is -0.133. The fourth-order valence-corrected chi connectivity index (χ4v) is 2.24. The van der Waals surface area contributed by atoms with Crippen LogP contribution < -0.4 is 5.73 Å². The van der Waals surface area contributed by atoms with Gasteiger partial charge in [-0.3, -0.25) is 4.79 Å². The molecule has 1 heterocycles. The summed E-state index contributed by atoms with van der Waals surface area (Å²) in [5.41, 5.74) is 6.00. The van der Waals surface area contributed by atoms with Crippen LogP contribution in [-0.2, 0) is 9.53 Å². The van der Waals surface area contributed by atoms with E-state index in [2.05, 4.69) is 20.8 Å². The fraction of sp³-hybridized carbons (Fsp3) is 0.933. The minimum absolute atomic E-state index is 0.0873. The molecule has 1 aliphatic rings. The van der Waals surface area contributed by atoms with Crippen molar-refractivity contribution < 1.29 is 9.53 Å². The largest absolute Gasteiger partial charge is 0.376 e. The number of ether oxygens (including phenoxy) is 1. The van der Waals surface area contributed by atoms with Gasteiger partial charge in [-0.05, 0) is 24.7 Å². The van der Waals surface area contributed by atoms with E-state index in [1.807, 2.05) is 11.8 Å². The zero-order valence-electron chi connectivity index (χ0n) is 12.9. The normalized spacial score (nSPS) is 22.8. The molecule has 1 amide bonds. The lowest BCUT2D eigenvalue weighted by atomic mass is 9.99. The predicted octanol–water partition coefficient (Wildman–Crippen LogP) is 2.02. The Hall–Kier alpha value is -0.610. The second-order valence-electron chi connectivity index (χ2n) is 6.16. The Balaban J connectivity index is 2.33. The third-order valence-electron chi connectivity index (χ3n) is 4.05. The molecule has 1 aliphatic heterocycles. The highest BCUT2D eigenvalue weighted by Gasteiger charge is 2.31. The summed E-state index contributed by atoms with van der Waals surface area (Å²) in [6, 6.07) is -0.362. The Morgan fingerprint density at radius 1 is 1.42 bits per heavy atom. The number of carbonyl (C=O) groups excluding carboxylic acids is 1. The van der Waals surface area contributed by atoms with E-state index in [0.29, 0.717) is 12.5 Å². The molecule has 4 nitrogen and oxygen atoms in total. The Bertz CT molecular complexity index is 281. The molecule has 112 valence electrons. The van der Waals surface area contributed by atoms with Crippen molar-refractivity contribution in [3.05, 3.63) is 0 Å². The molecule has 0 saturated carbocycles. The lowest BCUT2D eigenvalue weighted by Gasteiger charge is -2.24. The van der Waals surface area contributed by atoms with Gasteiger partial charge in [0.1, 0.15) is 0 Å². The molecule has 0 bridgehead atoms. The van der Waals surface area contributed by atoms with Crippen LogP contribution in [0.5, 0.6) is 0 Å². The predicted molar refractivity (Wildman–Crippen MR) is 77.8 cm³/mol. The van der Waals surface area contributed by atoms with Crippen LogP contribution in [0.4, 0.5) is 0 Å². The molecular formula is C15H30N2O2. The van der Waals surface area contributed by atoms with Gasteiger partial charge >= 0.3 is 0 Å². The van der Waals surface area contributed by atoms with Crippen LogP contribution in [0.2, 0.25) is 0 Å². The number of hydrogen-bond donors (Lipinski definition) is 1. The number of rotatable bonds is 7. The van der Waals surface area contributed by atoms with Crippen LogP contribution in [0.1, 0.15) is 47.0 Å². The van der Waals surface area contributed by atoms with Crippen molar-refractivity contribution in [2.45, 2.75) is 59.1 Å². The number of carbonyl (C=O) groups is 1. The Morgan fingerprint density at radius 2 is 2.11 bits per heavy atom. The molecule has 4 heteroatoms. The number of nitrogens with two attached hydrogens (primary N) is 1. The van der Waals surface area contributed by atoms with Crippen LogP contribution in [0.15, 0.2) is 0 Å². The topological polar surface area (TPSA) is 55.6 Å². The fourth-order valence-electron chi connectivity index (χ4n) is 2.24. The Labute approximate surface area is 117 Å². The van der Waals surface area contributed by atoms with Crippen molar-refractivity contribution in [2.24, 2.45) is 17.6 Å². The maximum absolute atomic E-state index is 12.2. The average molecular weight is 270 g/mol. The third kappa shape index (κ3) is 5.11. The molecule has 0 aromatic heterocycles. The van der Waals surface area contributed by atoms with E-state index in [1.165, 1.54) is 0 Å². The van der Waals surface area contributed by atoms with Gasteiger partial charge in [0.2, 0.25) is 5.91 Å². The van der Waals surface area contributed by atoms with E-state index in [0.717, 1.165) is 32.4 Å². The highest BCUT2D eigenvalue weighted by molar-refractivity contribution is 5.82. The summed E-state index contributed by atoms with van der Waals surface area (Å²) >= 11 is 0. The third-order valence-corrected chi connectivity index (χ3v) is 4.05. The summed E-state index contributed by atoms with van der Waals surface area (Å²) in [5, 5.41) is 0. The maximum Gasteiger partial charge on any atom is 0.239 e. The first-order valence-corrected chi connectivity index (χ1v) is 7.61. The smallest absolute Gasteiger partial charge is 0.239 e. The van der Waals surface area contributed by atoms with Crippen LogP contribution in [0.3, 0.4) is 0 Å². The quantitative estimate of drug-likeness (QED) is 0.770. The molecule has 0 aliphatic carbocycles. The summed E-state index contributed by atoms with van der Waals surface area (Å²) in [6.45, 7) is 10.8. The lowest BCUT2D eigenvalue weighted by Crippen LogP contribution is -2.46. The standard InChI is InChI=1S/C15H30N2O2/c1-5-12(4)14(16)15(18)17-8-6-13(10-17)19-9-7-11(2)3/h11-14H,5-10,16H2,1-4H3. The minimum atomic E-state index is -0.362. The number of hydrogen-bond acceptors (Lipinski definition) is 3. The van der Waals surface area contributed by atoms with Crippen LogP contribution in [0, 0.1) is 11.8 Å². The molecule has 0 aromatic rings. The number of amides is 1. The summed E-state index contributed by atoms with van der Waals surface area (Å²) in [4.78, 5) is 14.1. The monoisotopic (exact) mass is 270 g/mol. The summed E-state index contributed by atoms with van der Waals surface area (Å²) in [5.74, 6) is 0.996. The van der Waals surface area contributed by atoms with E-state index < -0.39 is 0 Å². The molecule has 19 heavy (non-hydrogen) atoms. The van der Waals surface area contributed by atoms with E-state index in [4.69, 9.17) is 10.5 Å². The molecule has 0 aromatic carbocycles. The van der Waals surface area contributed by atoms with Gasteiger partial charge in [-0.2, -0.15) is 0 Å². The van der Waals surface area contributed by atoms with Gasteiger partial charge in [-0.15, -0.1) is 0 Å². The van der Waals surface area contributed by atoms with E-state index in [9.17, 15) is 4.79 Å². The van der Waals surface area contributed by atoms with Gasteiger partial charge in [0.25, 0.3) is 0 Å². The molecule has 1 saturated heterocycles. The molecule has 0 radical (unpaired) electrons. The average Bonchev–Trinajstić information content (AvgIpc) is 2.84. The van der Waals surface area contributed by atoms with Gasteiger partial charge in [-0.25, -0.2) is 0 Å². The zero-order valence-corrected chi connectivity index (χ0v) is 12.9. The molecule has 3 unspecified atom stereocenters. The highest BCUT2D eigenvalue weighted by Crippen LogP contribution is 2.17. The molecule has 3 atom stereocenters. The second-order valence-corrected chi connectivity index (χ2v) is 6.16. The van der Waals surface area contributed by atoms with Crippen molar-refractivity contribution in [3.8, 4) is 0 Å². The van der Waals surface area contributed by atoms with Crippen LogP contribution in [0.25, 0.3) is 0 Å². The first-order chi connectivity index (χ1) is 8.95. The first-order valence-electron chi connectivity index (χ1n) is 7.61. The molecule has 0 spiro atoms. The Morgan fingerprint density at radius 3 is 2.68 bits per heavy atom. The molecular weight excluding hydrogens is 240 g/mol. The zero-order chi connectivity index (χ0) is 14.4. The Kier molecular flexibility index (Phi) is 6.80. The van der Waals surface area contributed by atoms with Crippen molar-refractivity contribution in [2.75, 3.05) is 19.7 Å². The number of likely N-dealkylation sites (tertiary alicyclic amines) is 1. The highest BCUT2D eigenvalue weighted by atomic mass is 16.5. The number of nitrogens with zero attached hydrogens (tertiary/aromatic N) is 1. The van der Waals surface area contributed by atoms with Crippen molar-refractivity contribution >= 4 is 5.91 Å². The summed E-state index contributed by atoms with van der Waals surface area (Å²) < 4.78 is 5.83. The first kappa shape index (κ1) is 16.4. The van der Waals surface area contributed by atoms with Crippen molar-refractivity contribution in [1.29, 1.82) is 0 Å². The van der Waals surface area contributed by atoms with Gasteiger partial charge in [0.15, 0.2) is 0 Å². The summed E-state index contributed by atoms with van der Waals surface area (Å²) in [7, 11) is 0. The van der Waals surface area contributed by atoms with E-state index in [1.54, 1.807) is 0 Å². The van der Waals surface area contributed by atoms with Crippen LogP contribution in [-0.4, -0.2) is 42.6 Å². The molecule has 1 rings (SSSR count). The maximum atomic E-state index is 12.2. The minimum Gasteiger partial charge on any atom is -0.376 e. The van der Waals surface area contributed by atoms with E-state index >= 15 is 0 Å². The van der Waals surface area contributed by atoms with Crippen LogP contribution >= 0.6 is 0 Å². The van der Waals surface area contributed by atoms with Gasteiger partial charge in [-0.1, -0.05) is 34.1 Å². The van der Waals surface area contributed by atoms with Gasteiger partial charge < -0.3 is 15.4 Å².